The summed E-state index contributed by atoms with van der Waals surface area (Å²) in [6, 6.07) is 14.8. The number of hydrogen-bond acceptors (Lipinski definition) is 7. The van der Waals surface area contributed by atoms with Gasteiger partial charge in [0.2, 0.25) is 5.91 Å². The summed E-state index contributed by atoms with van der Waals surface area (Å²) in [5.74, 6) is 1.27. The first-order valence-electron chi connectivity index (χ1n) is 15.3. The summed E-state index contributed by atoms with van der Waals surface area (Å²) in [4.78, 5) is 33.2. The number of aryl methyl sites for hydroxylation is 1. The fourth-order valence-electron chi connectivity index (χ4n) is 6.56. The van der Waals surface area contributed by atoms with Crippen molar-refractivity contribution in [2.75, 3.05) is 48.4 Å². The number of nitrogens with zero attached hydrogens (tertiary/aromatic N) is 4. The minimum Gasteiger partial charge on any atom is -0.370 e. The first-order chi connectivity index (χ1) is 20.6. The molecule has 0 unspecified atom stereocenters. The third kappa shape index (κ3) is 5.48. The van der Waals surface area contributed by atoms with Crippen molar-refractivity contribution < 1.29 is 4.79 Å². The molecule has 2 fully saturated rings. The van der Waals surface area contributed by atoms with Crippen molar-refractivity contribution >= 4 is 39.8 Å². The van der Waals surface area contributed by atoms with Crippen LogP contribution in [0.3, 0.4) is 0 Å². The van der Waals surface area contributed by atoms with Gasteiger partial charge in [-0.3, -0.25) is 9.79 Å². The van der Waals surface area contributed by atoms with Crippen LogP contribution in [0.1, 0.15) is 55.5 Å². The summed E-state index contributed by atoms with van der Waals surface area (Å²) in [6.45, 7) is 6.66. The maximum atomic E-state index is 12.9. The first-order valence-corrected chi connectivity index (χ1v) is 15.3. The van der Waals surface area contributed by atoms with E-state index in [1.54, 1.807) is 0 Å². The van der Waals surface area contributed by atoms with Gasteiger partial charge in [0.05, 0.1) is 5.69 Å². The lowest BCUT2D eigenvalue weighted by Gasteiger charge is -2.28. The number of benzene rings is 2. The maximum absolute atomic E-state index is 12.9. The molecule has 2 aromatic carbocycles. The van der Waals surface area contributed by atoms with Crippen molar-refractivity contribution in [3.8, 4) is 11.1 Å². The number of piperidine rings is 2. The van der Waals surface area contributed by atoms with Gasteiger partial charge in [-0.05, 0) is 105 Å². The smallest absolute Gasteiger partial charge is 0.224 e. The molecule has 42 heavy (non-hydrogen) atoms. The van der Waals surface area contributed by atoms with Gasteiger partial charge in [-0.15, -0.1) is 0 Å². The lowest BCUT2D eigenvalue weighted by Crippen LogP contribution is -2.30. The molecule has 9 nitrogen and oxygen atoms in total. The summed E-state index contributed by atoms with van der Waals surface area (Å²) in [5.41, 5.74) is 9.75. The van der Waals surface area contributed by atoms with E-state index in [4.69, 9.17) is 9.98 Å². The third-order valence-electron chi connectivity index (χ3n) is 8.70. The Morgan fingerprint density at radius 1 is 1.02 bits per heavy atom. The number of fused-ring (bicyclic) bond motifs is 2. The lowest BCUT2D eigenvalue weighted by atomic mass is 9.94. The minimum atomic E-state index is 0.0879. The molecule has 0 saturated carbocycles. The fraction of sp³-hybridized carbons (Fsp3) is 0.394. The van der Waals surface area contributed by atoms with Gasteiger partial charge in [-0.25, -0.2) is 9.97 Å². The Labute approximate surface area is 246 Å². The van der Waals surface area contributed by atoms with Gasteiger partial charge in [0.1, 0.15) is 17.9 Å². The van der Waals surface area contributed by atoms with E-state index in [1.807, 2.05) is 12.3 Å². The molecule has 9 heteroatoms. The number of H-pyrrole nitrogens is 1. The number of aromatic nitrogens is 3. The highest BCUT2D eigenvalue weighted by Crippen LogP contribution is 2.33. The molecular weight excluding hydrogens is 524 g/mol. The average Bonchev–Trinajstić information content (AvgIpc) is 3.45. The number of aromatic amines is 1. The third-order valence-corrected chi connectivity index (χ3v) is 8.70. The molecule has 7 rings (SSSR count). The zero-order valence-electron chi connectivity index (χ0n) is 24.2. The molecule has 0 bridgehead atoms. The van der Waals surface area contributed by atoms with E-state index in [9.17, 15) is 4.79 Å². The van der Waals surface area contributed by atoms with Gasteiger partial charge in [0, 0.05) is 42.6 Å². The number of carbonyl (C=O) groups excluding carboxylic acids is 1. The number of rotatable bonds is 6. The lowest BCUT2D eigenvalue weighted by molar-refractivity contribution is -0.117. The topological polar surface area (TPSA) is 110 Å². The van der Waals surface area contributed by atoms with Gasteiger partial charge >= 0.3 is 0 Å². The Morgan fingerprint density at radius 2 is 1.88 bits per heavy atom. The molecule has 2 aromatic heterocycles. The van der Waals surface area contributed by atoms with E-state index in [0.717, 1.165) is 101 Å². The van der Waals surface area contributed by atoms with Crippen LogP contribution < -0.4 is 20.9 Å². The molecule has 0 aliphatic carbocycles. The van der Waals surface area contributed by atoms with Crippen LogP contribution in [0, 0.1) is 12.8 Å². The summed E-state index contributed by atoms with van der Waals surface area (Å²) >= 11 is 0. The monoisotopic (exact) mass is 562 g/mol. The Bertz CT molecular complexity index is 1650. The predicted octanol–water partition coefficient (Wildman–Crippen LogP) is 5.47. The molecule has 3 aliphatic heterocycles. The van der Waals surface area contributed by atoms with Crippen molar-refractivity contribution in [3.05, 3.63) is 65.6 Å². The van der Waals surface area contributed by atoms with E-state index in [-0.39, 0.29) is 5.91 Å². The average molecular weight is 563 g/mol. The second-order valence-corrected chi connectivity index (χ2v) is 11.8. The summed E-state index contributed by atoms with van der Waals surface area (Å²) in [7, 11) is 0. The molecule has 0 radical (unpaired) electrons. The highest BCUT2D eigenvalue weighted by molar-refractivity contribution is 6.16. The number of hydrogen-bond donors (Lipinski definition) is 4. The molecular formula is C33H38N8O. The second kappa shape index (κ2) is 11.6. The maximum Gasteiger partial charge on any atom is 0.224 e. The van der Waals surface area contributed by atoms with Crippen LogP contribution in [0.5, 0.6) is 0 Å². The van der Waals surface area contributed by atoms with E-state index in [2.05, 4.69) is 74.1 Å². The van der Waals surface area contributed by atoms with Crippen LogP contribution in [-0.4, -0.2) is 59.4 Å². The van der Waals surface area contributed by atoms with Crippen molar-refractivity contribution in [1.82, 2.24) is 20.3 Å². The number of imidazole rings is 1. The SMILES string of the molecule is Cc1cc(NC(=O)CC2CCNCC2)cc(-c2ccc3c(c2)C(c2nc4nccc(N5CCCCC5)c4[nH]2)=NCN3)c1. The number of pyridine rings is 1. The van der Waals surface area contributed by atoms with Crippen LogP contribution in [-0.2, 0) is 4.79 Å². The Hall–Kier alpha value is -4.24. The quantitative estimate of drug-likeness (QED) is 0.248. The molecule has 1 amide bonds. The molecule has 3 aliphatic rings. The van der Waals surface area contributed by atoms with E-state index < -0.39 is 0 Å². The summed E-state index contributed by atoms with van der Waals surface area (Å²) < 4.78 is 0. The Morgan fingerprint density at radius 3 is 2.74 bits per heavy atom. The number of amides is 1. The van der Waals surface area contributed by atoms with Crippen LogP contribution in [0.2, 0.25) is 0 Å². The molecule has 0 spiro atoms. The van der Waals surface area contributed by atoms with Crippen molar-refractivity contribution in [2.45, 2.75) is 45.4 Å². The molecule has 5 heterocycles. The van der Waals surface area contributed by atoms with Gasteiger partial charge in [0.25, 0.3) is 0 Å². The van der Waals surface area contributed by atoms with E-state index in [0.29, 0.717) is 19.0 Å². The highest BCUT2D eigenvalue weighted by atomic mass is 16.1. The first kappa shape index (κ1) is 26.6. The van der Waals surface area contributed by atoms with Crippen molar-refractivity contribution in [1.29, 1.82) is 0 Å². The number of aliphatic imine (C=N–C) groups is 1. The molecule has 0 atom stereocenters. The Kier molecular flexibility index (Phi) is 7.34. The molecule has 2 saturated heterocycles. The zero-order chi connectivity index (χ0) is 28.5. The zero-order valence-corrected chi connectivity index (χ0v) is 24.2. The van der Waals surface area contributed by atoms with Gasteiger partial charge in [-0.2, -0.15) is 0 Å². The van der Waals surface area contributed by atoms with E-state index >= 15 is 0 Å². The van der Waals surface area contributed by atoms with Crippen molar-refractivity contribution in [2.24, 2.45) is 10.9 Å². The largest absolute Gasteiger partial charge is 0.370 e. The highest BCUT2D eigenvalue weighted by Gasteiger charge is 2.23. The Balaban J connectivity index is 1.17. The van der Waals surface area contributed by atoms with Gasteiger partial charge < -0.3 is 25.8 Å². The fourth-order valence-corrected chi connectivity index (χ4v) is 6.56. The van der Waals surface area contributed by atoms with Crippen molar-refractivity contribution in [3.63, 3.8) is 0 Å². The predicted molar refractivity (Wildman–Crippen MR) is 170 cm³/mol. The molecule has 4 N–H and O–H groups in total. The molecule has 216 valence electrons. The number of nitrogens with one attached hydrogen (secondary N) is 4. The van der Waals surface area contributed by atoms with Crippen LogP contribution in [0.25, 0.3) is 22.3 Å². The van der Waals surface area contributed by atoms with Crippen LogP contribution >= 0.6 is 0 Å². The molecule has 4 aromatic rings. The number of anilines is 3. The normalized spacial score (nSPS) is 17.5. The van der Waals surface area contributed by atoms with Crippen LogP contribution in [0.4, 0.5) is 17.1 Å². The van der Waals surface area contributed by atoms with Gasteiger partial charge in [-0.1, -0.05) is 12.1 Å². The van der Waals surface area contributed by atoms with Gasteiger partial charge in [0.15, 0.2) is 11.5 Å². The minimum absolute atomic E-state index is 0.0879. The van der Waals surface area contributed by atoms with Crippen LogP contribution in [0.15, 0.2) is 53.7 Å². The summed E-state index contributed by atoms with van der Waals surface area (Å²) in [5, 5.41) is 9.95. The number of carbonyl (C=O) groups is 1. The second-order valence-electron chi connectivity index (χ2n) is 11.8. The van der Waals surface area contributed by atoms with E-state index in [1.165, 1.54) is 19.3 Å². The standard InChI is InChI=1S/C33H38N8O/c1-21-15-24(18-25(16-21)38-29(42)17-22-7-10-34-11-8-22)23-5-6-27-26(19-23)30(37-20-36-27)33-39-31-28(9-12-35-32(31)40-33)41-13-3-2-4-14-41/h5-6,9,12,15-16,18-19,22,34,36H,2-4,7-8,10-11,13-14,17,20H2,1H3,(H,38,42)(H,35,39,40). The summed E-state index contributed by atoms with van der Waals surface area (Å²) in [6.07, 6.45) is 8.24.